The molecular formula is C4Li8O8S4. The van der Waals surface area contributed by atoms with Gasteiger partial charge in [0, 0.05) is 0 Å². The first-order valence-electron chi connectivity index (χ1n) is 2.45. The van der Waals surface area contributed by atoms with Gasteiger partial charge < -0.3 is 40.9 Å². The molecule has 0 aromatic heterocycles. The Morgan fingerprint density at radius 1 is 0.292 bits per heavy atom. The van der Waals surface area contributed by atoms with Crippen molar-refractivity contribution >= 4 is 69.8 Å². The van der Waals surface area contributed by atoms with Gasteiger partial charge in [-0.3, -0.25) is 0 Å². The topological polar surface area (TPSA) is 184 Å². The second kappa shape index (κ2) is 71.7. The largest absolute Gasteiger partial charge is 1.00 e. The van der Waals surface area contributed by atoms with Crippen LogP contribution in [0.5, 0.6) is 0 Å². The van der Waals surface area contributed by atoms with E-state index in [-0.39, 0.29) is 151 Å². The molecule has 0 rings (SSSR count). The molecule has 0 saturated carbocycles. The molecule has 0 fully saturated rings. The second-order valence-electron chi connectivity index (χ2n) is 1.00. The van der Waals surface area contributed by atoms with Gasteiger partial charge in [0.1, 0.15) is 0 Å². The first kappa shape index (κ1) is 80.3. The van der Waals surface area contributed by atoms with Gasteiger partial charge in [-0.2, -0.15) is 0 Å². The summed E-state index contributed by atoms with van der Waals surface area (Å²) >= 11 is 13.7. The fourth-order valence-electron chi connectivity index (χ4n) is 0. The Balaban J connectivity index is -0.00000000720. The van der Waals surface area contributed by atoms with E-state index in [9.17, 15) is 0 Å². The summed E-state index contributed by atoms with van der Waals surface area (Å²) in [5, 5.41) is 63.6. The van der Waals surface area contributed by atoms with Crippen LogP contribution < -0.4 is 192 Å². The van der Waals surface area contributed by atoms with Crippen molar-refractivity contribution in [2.45, 2.75) is 0 Å². The SMILES string of the molecule is [Li+].[Li+].[Li+].[Li+].[Li+].[Li+].[Li+].[Li+].[O-]C([O-])=S.[O-]C([O-])=S.[O-]C([O-])=S.[O-]C([O-])=S. The standard InChI is InChI=1S/4CH2O2S.8Li/c4*2-1(3)4;;;;;;;;/h4*(H2,2,3,4);;;;;;;;/q;;;;8*+1/p-8. The van der Waals surface area contributed by atoms with Crippen LogP contribution in [0.25, 0.3) is 0 Å². The predicted molar refractivity (Wildman–Crippen MR) is 50.4 cm³/mol. The molecule has 0 amide bonds. The van der Waals surface area contributed by atoms with Crippen LogP contribution in [0.2, 0.25) is 0 Å². The Hall–Kier alpha value is 3.54. The molecule has 96 valence electrons. The van der Waals surface area contributed by atoms with Crippen LogP contribution >= 0.6 is 48.9 Å². The summed E-state index contributed by atoms with van der Waals surface area (Å²) in [5.74, 6) is 0. The normalized spacial score (nSPS) is 4.00. The van der Waals surface area contributed by atoms with Gasteiger partial charge in [0.05, 0.1) is 0 Å². The summed E-state index contributed by atoms with van der Waals surface area (Å²) in [6, 6.07) is 0. The van der Waals surface area contributed by atoms with Crippen molar-refractivity contribution in [2.75, 3.05) is 0 Å². The Bertz CT molecular complexity index is 186. The van der Waals surface area contributed by atoms with Gasteiger partial charge in [-0.1, -0.05) is 0 Å². The minimum Gasteiger partial charge on any atom is -0.876 e. The maximum absolute atomic E-state index is 8.70. The fraction of sp³-hybridized carbons (Fsp3) is 0. The average Bonchev–Trinajstić information content (AvgIpc) is 1.76. The molecule has 0 aliphatic carbocycles. The minimum atomic E-state index is -1.50. The van der Waals surface area contributed by atoms with Crippen molar-refractivity contribution in [3.05, 3.63) is 0 Å². The zero-order chi connectivity index (χ0) is 14.3. The molecule has 24 heavy (non-hydrogen) atoms. The Labute approximate surface area is 257 Å². The molecule has 0 atom stereocenters. The van der Waals surface area contributed by atoms with Crippen LogP contribution in [-0.2, 0) is 0 Å². The number of thiocarbonyl (C=S) groups is 4. The van der Waals surface area contributed by atoms with E-state index in [1.54, 1.807) is 0 Å². The molecule has 0 aromatic rings. The fourth-order valence-corrected chi connectivity index (χ4v) is 0. The molecule has 0 aromatic carbocycles. The van der Waals surface area contributed by atoms with E-state index in [1.807, 2.05) is 0 Å². The molecule has 20 heteroatoms. The molecule has 0 radical (unpaired) electrons. The summed E-state index contributed by atoms with van der Waals surface area (Å²) in [7, 11) is 0. The van der Waals surface area contributed by atoms with Gasteiger partial charge in [-0.05, 0) is 0 Å². The van der Waals surface area contributed by atoms with Crippen LogP contribution in [0.15, 0.2) is 0 Å². The molecule has 8 nitrogen and oxygen atoms in total. The van der Waals surface area contributed by atoms with Crippen LogP contribution in [0, 0.1) is 0 Å². The van der Waals surface area contributed by atoms with Crippen molar-refractivity contribution < 1.29 is 192 Å². The summed E-state index contributed by atoms with van der Waals surface area (Å²) in [6.07, 6.45) is 0. The Kier molecular flexibility index (Phi) is 240. The monoisotopic (exact) mass is 360 g/mol. The Morgan fingerprint density at radius 2 is 0.292 bits per heavy atom. The molecule has 0 spiro atoms. The number of rotatable bonds is 0. The van der Waals surface area contributed by atoms with E-state index in [4.69, 9.17) is 40.9 Å². The van der Waals surface area contributed by atoms with Crippen molar-refractivity contribution in [3.8, 4) is 0 Å². The van der Waals surface area contributed by atoms with Gasteiger partial charge in [0.15, 0.2) is 0 Å². The maximum Gasteiger partial charge on any atom is 1.00 e. The minimum absolute atomic E-state index is 0. The first-order chi connectivity index (χ1) is 6.93. The summed E-state index contributed by atoms with van der Waals surface area (Å²) in [6.45, 7) is 0. The van der Waals surface area contributed by atoms with Gasteiger partial charge in [-0.25, -0.2) is 0 Å². The van der Waals surface area contributed by atoms with Crippen molar-refractivity contribution in [2.24, 2.45) is 0 Å². The molecule has 0 bridgehead atoms. The third-order valence-electron chi connectivity index (χ3n) is 0. The van der Waals surface area contributed by atoms with Crippen LogP contribution in [0.4, 0.5) is 0 Å². The third-order valence-corrected chi connectivity index (χ3v) is 0. The molecule has 0 aliphatic rings. The van der Waals surface area contributed by atoms with E-state index in [2.05, 4.69) is 48.9 Å². The Morgan fingerprint density at radius 3 is 0.292 bits per heavy atom. The number of hydrogen-bond acceptors (Lipinski definition) is 12. The third kappa shape index (κ3) is 1230. The summed E-state index contributed by atoms with van der Waals surface area (Å²) < 4.78 is 0. The van der Waals surface area contributed by atoms with Gasteiger partial charge >= 0.3 is 151 Å². The van der Waals surface area contributed by atoms with Crippen LogP contribution in [-0.4, -0.2) is 20.9 Å². The summed E-state index contributed by atoms with van der Waals surface area (Å²) in [4.78, 5) is 0. The summed E-state index contributed by atoms with van der Waals surface area (Å²) in [5.41, 5.74) is 0. The van der Waals surface area contributed by atoms with E-state index < -0.39 is 20.9 Å². The van der Waals surface area contributed by atoms with Crippen molar-refractivity contribution in [1.29, 1.82) is 0 Å². The predicted octanol–water partition coefficient (Wildman–Crippen LogP) is -32.0. The quantitative estimate of drug-likeness (QED) is 0.294. The van der Waals surface area contributed by atoms with E-state index in [1.165, 1.54) is 0 Å². The zero-order valence-corrected chi connectivity index (χ0v) is 18.2. The zero-order valence-electron chi connectivity index (χ0n) is 14.9. The van der Waals surface area contributed by atoms with Gasteiger partial charge in [0.25, 0.3) is 0 Å². The van der Waals surface area contributed by atoms with Gasteiger partial charge in [0.2, 0.25) is 0 Å². The molecule has 0 aliphatic heterocycles. The molecular weight excluding hydrogens is 360 g/mol. The molecule has 0 heterocycles. The van der Waals surface area contributed by atoms with Crippen LogP contribution in [0.3, 0.4) is 0 Å². The number of hydrogen-bond donors (Lipinski definition) is 0. The van der Waals surface area contributed by atoms with E-state index in [0.717, 1.165) is 0 Å². The molecule has 0 unspecified atom stereocenters. The van der Waals surface area contributed by atoms with Crippen molar-refractivity contribution in [1.82, 2.24) is 0 Å². The average molecular weight is 360 g/mol. The first-order valence-corrected chi connectivity index (χ1v) is 4.08. The van der Waals surface area contributed by atoms with E-state index in [0.29, 0.717) is 0 Å². The molecule has 0 N–H and O–H groups in total. The van der Waals surface area contributed by atoms with E-state index >= 15 is 0 Å². The van der Waals surface area contributed by atoms with Crippen molar-refractivity contribution in [3.63, 3.8) is 0 Å². The smallest absolute Gasteiger partial charge is 0.876 e. The van der Waals surface area contributed by atoms with Crippen LogP contribution in [0.1, 0.15) is 0 Å². The second-order valence-corrected chi connectivity index (χ2v) is 2.33. The van der Waals surface area contributed by atoms with Gasteiger partial charge in [-0.15, -0.1) is 69.8 Å². The maximum atomic E-state index is 8.70. The molecule has 0 saturated heterocycles.